The predicted octanol–water partition coefficient (Wildman–Crippen LogP) is 6.70. The molecule has 0 saturated carbocycles. The Morgan fingerprint density at radius 3 is 2.48 bits per heavy atom. The van der Waals surface area contributed by atoms with Crippen molar-refractivity contribution in [3.05, 3.63) is 136 Å². The Balaban J connectivity index is 1.49. The molecule has 0 aliphatic carbocycles. The lowest BCUT2D eigenvalue weighted by molar-refractivity contribution is -0.128. The highest BCUT2D eigenvalue weighted by Crippen LogP contribution is 2.46. The lowest BCUT2D eigenvalue weighted by Crippen LogP contribution is -2.49. The van der Waals surface area contributed by atoms with Crippen molar-refractivity contribution < 1.29 is 32.2 Å². The second kappa shape index (κ2) is 17.2. The number of hydrogen-bond donors (Lipinski definition) is 2. The summed E-state index contributed by atoms with van der Waals surface area (Å²) in [5.74, 6) is 0.473. The molecule has 0 saturated heterocycles. The van der Waals surface area contributed by atoms with Gasteiger partial charge in [-0.15, -0.1) is 0 Å². The van der Waals surface area contributed by atoms with E-state index in [4.69, 9.17) is 19.6 Å². The van der Waals surface area contributed by atoms with Crippen LogP contribution in [-0.2, 0) is 25.1 Å². The second-order valence-electron chi connectivity index (χ2n) is 11.4. The first-order valence-corrected chi connectivity index (χ1v) is 18.7. The average Bonchev–Trinajstić information content (AvgIpc) is 3.53. The Morgan fingerprint density at radius 1 is 1.04 bits per heavy atom. The number of nitrogens with zero attached hydrogens (tertiary/aromatic N) is 4. The Kier molecular flexibility index (Phi) is 12.5. The number of aliphatic hydroxyl groups excluding tert-OH is 1. The Hall–Kier alpha value is -4.88. The van der Waals surface area contributed by atoms with E-state index in [0.717, 1.165) is 5.56 Å². The third-order valence-corrected chi connectivity index (χ3v) is 10.7. The molecule has 1 amide bonds. The molecule has 0 aromatic heterocycles. The van der Waals surface area contributed by atoms with E-state index in [1.165, 1.54) is 24.3 Å². The summed E-state index contributed by atoms with van der Waals surface area (Å²) in [5.41, 5.74) is 9.59. The van der Waals surface area contributed by atoms with E-state index >= 15 is 0 Å². The van der Waals surface area contributed by atoms with Crippen LogP contribution in [-0.4, -0.2) is 62.1 Å². The predicted molar refractivity (Wildman–Crippen MR) is 191 cm³/mol. The topological polar surface area (TPSA) is 163 Å². The first-order valence-electron chi connectivity index (χ1n) is 15.9. The number of amides is 1. The van der Waals surface area contributed by atoms with Gasteiger partial charge >= 0.3 is 0 Å². The number of rotatable bonds is 17. The van der Waals surface area contributed by atoms with Gasteiger partial charge in [0.05, 0.1) is 17.3 Å². The first-order chi connectivity index (χ1) is 24.3. The number of benzene rings is 4. The standard InChI is InChI=1S/C36H36FN5O6S2/c37-28-15-11-26(12-16-28)25-49-23-20-39-35(44)36(19-24-50(45,46)30-7-2-1-3-8-30)33(31-9-4-5-10-32(31)41-42-38)48-34(40-36)27-13-17-29(18-14-27)47-22-6-21-43/h1-5,7-18,33,43H,6,19-25H2,(H,39,44)/t33-,36-/m1/s1. The number of aliphatic imine (C=N–C) groups is 1. The maximum absolute atomic E-state index is 14.4. The zero-order valence-corrected chi connectivity index (χ0v) is 28.7. The zero-order chi connectivity index (χ0) is 35.4. The van der Waals surface area contributed by atoms with E-state index in [-0.39, 0.29) is 41.9 Å². The molecule has 4 aromatic rings. The van der Waals surface area contributed by atoms with Crippen molar-refractivity contribution in [2.45, 2.75) is 35.1 Å². The van der Waals surface area contributed by atoms with Crippen molar-refractivity contribution in [1.29, 1.82) is 0 Å². The molecule has 11 nitrogen and oxygen atoms in total. The molecule has 260 valence electrons. The summed E-state index contributed by atoms with van der Waals surface area (Å²) in [6.45, 7) is 0.554. The van der Waals surface area contributed by atoms with Gasteiger partial charge in [0, 0.05) is 59.2 Å². The van der Waals surface area contributed by atoms with Gasteiger partial charge in [-0.3, -0.25) is 4.79 Å². The lowest BCUT2D eigenvalue weighted by atomic mass is 9.84. The maximum atomic E-state index is 14.4. The number of azide groups is 1. The summed E-state index contributed by atoms with van der Waals surface area (Å²) < 4.78 is 52.6. The molecular formula is C36H36FN5O6S2. The van der Waals surface area contributed by atoms with Crippen LogP contribution in [0.15, 0.2) is 118 Å². The largest absolute Gasteiger partial charge is 0.494 e. The normalized spacial score (nSPS) is 16.9. The highest BCUT2D eigenvalue weighted by Gasteiger charge is 2.54. The van der Waals surface area contributed by atoms with Crippen LogP contribution in [0.3, 0.4) is 0 Å². The number of carbonyl (C=O) groups excluding carboxylic acids is 1. The second-order valence-corrected chi connectivity index (χ2v) is 14.6. The first kappa shape index (κ1) is 36.4. The van der Waals surface area contributed by atoms with Crippen LogP contribution in [0.4, 0.5) is 10.1 Å². The van der Waals surface area contributed by atoms with Crippen molar-refractivity contribution in [3.8, 4) is 5.75 Å². The number of ether oxygens (including phenoxy) is 2. The van der Waals surface area contributed by atoms with Crippen LogP contribution in [0.25, 0.3) is 10.4 Å². The van der Waals surface area contributed by atoms with Gasteiger partial charge in [0.1, 0.15) is 11.6 Å². The van der Waals surface area contributed by atoms with Crippen LogP contribution >= 0.6 is 11.8 Å². The Bertz CT molecular complexity index is 1940. The average molecular weight is 718 g/mol. The molecular weight excluding hydrogens is 682 g/mol. The van der Waals surface area contributed by atoms with Crippen LogP contribution < -0.4 is 10.1 Å². The van der Waals surface area contributed by atoms with E-state index < -0.39 is 33.1 Å². The molecule has 4 aromatic carbocycles. The molecule has 0 bridgehead atoms. The third kappa shape index (κ3) is 9.01. The van der Waals surface area contributed by atoms with E-state index in [1.807, 2.05) is 0 Å². The molecule has 0 fully saturated rings. The monoisotopic (exact) mass is 717 g/mol. The van der Waals surface area contributed by atoms with E-state index in [0.29, 0.717) is 41.4 Å². The van der Waals surface area contributed by atoms with Gasteiger partial charge in [-0.05, 0) is 59.6 Å². The Labute approximate surface area is 294 Å². The minimum absolute atomic E-state index is 0.00147. The number of aliphatic hydroxyl groups is 1. The van der Waals surface area contributed by atoms with Crippen LogP contribution in [0, 0.1) is 5.82 Å². The molecule has 2 atom stereocenters. The Morgan fingerprint density at radius 2 is 1.76 bits per heavy atom. The highest BCUT2D eigenvalue weighted by molar-refractivity contribution is 7.98. The summed E-state index contributed by atoms with van der Waals surface area (Å²) in [6, 6.07) is 27.7. The van der Waals surface area contributed by atoms with Crippen molar-refractivity contribution in [2.24, 2.45) is 10.1 Å². The zero-order valence-electron chi connectivity index (χ0n) is 27.0. The minimum atomic E-state index is -3.86. The lowest BCUT2D eigenvalue weighted by Gasteiger charge is -2.31. The third-order valence-electron chi connectivity index (χ3n) is 7.97. The van der Waals surface area contributed by atoms with Crippen molar-refractivity contribution in [2.75, 3.05) is 31.3 Å². The maximum Gasteiger partial charge on any atom is 0.252 e. The van der Waals surface area contributed by atoms with Crippen LogP contribution in [0.5, 0.6) is 5.75 Å². The molecule has 50 heavy (non-hydrogen) atoms. The van der Waals surface area contributed by atoms with Gasteiger partial charge in [-0.1, -0.05) is 59.7 Å². The van der Waals surface area contributed by atoms with Gasteiger partial charge in [0.2, 0.25) is 5.90 Å². The molecule has 0 spiro atoms. The number of nitrogens with one attached hydrogen (secondary N) is 1. The van der Waals surface area contributed by atoms with E-state index in [2.05, 4.69) is 15.3 Å². The van der Waals surface area contributed by atoms with E-state index in [1.54, 1.807) is 90.6 Å². The quantitative estimate of drug-likeness (QED) is 0.0531. The molecule has 14 heteroatoms. The molecule has 1 aliphatic heterocycles. The van der Waals surface area contributed by atoms with Crippen molar-refractivity contribution in [1.82, 2.24) is 5.32 Å². The fourth-order valence-electron chi connectivity index (χ4n) is 5.39. The highest BCUT2D eigenvalue weighted by atomic mass is 32.2. The summed E-state index contributed by atoms with van der Waals surface area (Å²) in [6.07, 6.45) is -0.935. The van der Waals surface area contributed by atoms with Crippen LogP contribution in [0.2, 0.25) is 0 Å². The van der Waals surface area contributed by atoms with Gasteiger partial charge in [-0.2, -0.15) is 11.8 Å². The number of sulfone groups is 1. The van der Waals surface area contributed by atoms with Gasteiger partial charge in [-0.25, -0.2) is 17.8 Å². The molecule has 1 heterocycles. The minimum Gasteiger partial charge on any atom is -0.494 e. The molecule has 5 rings (SSSR count). The number of hydrogen-bond acceptors (Lipinski definition) is 9. The molecule has 0 radical (unpaired) electrons. The summed E-state index contributed by atoms with van der Waals surface area (Å²) >= 11 is 1.54. The fourth-order valence-corrected chi connectivity index (χ4v) is 7.60. The molecule has 1 aliphatic rings. The number of thioether (sulfide) groups is 1. The van der Waals surface area contributed by atoms with Crippen molar-refractivity contribution in [3.63, 3.8) is 0 Å². The van der Waals surface area contributed by atoms with E-state index in [9.17, 15) is 23.1 Å². The van der Waals surface area contributed by atoms with Gasteiger partial charge < -0.3 is 19.9 Å². The number of carbonyl (C=O) groups is 1. The smallest absolute Gasteiger partial charge is 0.252 e. The van der Waals surface area contributed by atoms with Gasteiger partial charge in [0.15, 0.2) is 21.5 Å². The van der Waals surface area contributed by atoms with Crippen molar-refractivity contribution >= 4 is 39.1 Å². The molecule has 0 unspecified atom stereocenters. The van der Waals surface area contributed by atoms with Gasteiger partial charge in [0.25, 0.3) is 5.91 Å². The summed E-state index contributed by atoms with van der Waals surface area (Å²) in [5, 5.41) is 15.9. The summed E-state index contributed by atoms with van der Waals surface area (Å²) in [4.78, 5) is 22.4. The van der Waals surface area contributed by atoms with Crippen LogP contribution in [0.1, 0.15) is 35.6 Å². The SMILES string of the molecule is [N-]=[N+]=Nc1ccccc1[C@H]1OC(c2ccc(OCCCO)cc2)=N[C@@]1(CCS(=O)(=O)c1ccccc1)C(=O)NCCSCc1ccc(F)cc1. The summed E-state index contributed by atoms with van der Waals surface area (Å²) in [7, 11) is -3.86. The molecule has 2 N–H and O–H groups in total. The number of halogens is 1. The fraction of sp³-hybridized carbons (Fsp3) is 0.278.